The Morgan fingerprint density at radius 1 is 1.00 bits per heavy atom. The molecule has 174 valence electrons. The summed E-state index contributed by atoms with van der Waals surface area (Å²) in [5.41, 5.74) is 2.37. The summed E-state index contributed by atoms with van der Waals surface area (Å²) in [6, 6.07) is 22.8. The maximum atomic E-state index is 13.4. The Morgan fingerprint density at radius 3 is 2.38 bits per heavy atom. The van der Waals surface area contributed by atoms with Gasteiger partial charge in [0.2, 0.25) is 15.7 Å². The molecule has 0 spiro atoms. The van der Waals surface area contributed by atoms with E-state index in [9.17, 15) is 13.2 Å². The fourth-order valence-corrected chi connectivity index (χ4v) is 5.70. The molecule has 2 N–H and O–H groups in total. The molecule has 0 unspecified atom stereocenters. The molecule has 1 aromatic heterocycles. The Balaban J connectivity index is 1.64. The molecule has 3 aromatic carbocycles. The van der Waals surface area contributed by atoms with Crippen molar-refractivity contribution >= 4 is 33.2 Å². The van der Waals surface area contributed by atoms with Crippen molar-refractivity contribution in [2.45, 2.75) is 21.9 Å². The van der Waals surface area contributed by atoms with Crippen LogP contribution < -0.4 is 10.1 Å². The number of nitrogens with zero attached hydrogens (tertiary/aromatic N) is 1. The average Bonchev–Trinajstić information content (AvgIpc) is 3.29. The number of hydrogen-bond acceptors (Lipinski definition) is 6. The van der Waals surface area contributed by atoms with E-state index >= 15 is 0 Å². The van der Waals surface area contributed by atoms with Crippen LogP contribution in [0, 0.1) is 6.92 Å². The van der Waals surface area contributed by atoms with Gasteiger partial charge in [0.25, 0.3) is 0 Å². The molecule has 0 aliphatic heterocycles. The van der Waals surface area contributed by atoms with Gasteiger partial charge in [-0.05, 0) is 31.2 Å². The lowest BCUT2D eigenvalue weighted by atomic mass is 10.1. The zero-order chi connectivity index (χ0) is 24.1. The summed E-state index contributed by atoms with van der Waals surface area (Å²) in [6.45, 7) is 1.97. The van der Waals surface area contributed by atoms with Crippen molar-refractivity contribution in [1.82, 2.24) is 9.97 Å². The Kier molecular flexibility index (Phi) is 7.04. The fourth-order valence-electron chi connectivity index (χ4n) is 3.25. The van der Waals surface area contributed by atoms with Crippen LogP contribution >= 0.6 is 11.8 Å². The van der Waals surface area contributed by atoms with Gasteiger partial charge < -0.3 is 15.0 Å². The van der Waals surface area contributed by atoms with Crippen molar-refractivity contribution in [2.24, 2.45) is 0 Å². The minimum Gasteiger partial charge on any atom is -0.495 e. The number of sulfone groups is 1. The number of benzene rings is 3. The third-order valence-electron chi connectivity index (χ3n) is 5.01. The Labute approximate surface area is 202 Å². The Bertz CT molecular complexity index is 1400. The van der Waals surface area contributed by atoms with Gasteiger partial charge in [-0.2, -0.15) is 0 Å². The Hall–Kier alpha value is -3.56. The molecule has 4 rings (SSSR count). The number of methoxy groups -OCH3 is 1. The van der Waals surface area contributed by atoms with Crippen LogP contribution in [0.5, 0.6) is 5.75 Å². The summed E-state index contributed by atoms with van der Waals surface area (Å²) in [5.74, 6) is 0.613. The molecule has 0 aliphatic rings. The van der Waals surface area contributed by atoms with Gasteiger partial charge in [0, 0.05) is 5.56 Å². The normalized spacial score (nSPS) is 11.2. The van der Waals surface area contributed by atoms with Crippen LogP contribution in [-0.4, -0.2) is 37.2 Å². The third-order valence-corrected chi connectivity index (χ3v) is 7.84. The van der Waals surface area contributed by atoms with E-state index in [4.69, 9.17) is 4.74 Å². The zero-order valence-corrected chi connectivity index (χ0v) is 20.2. The maximum Gasteiger partial charge on any atom is 0.234 e. The van der Waals surface area contributed by atoms with Crippen molar-refractivity contribution in [3.63, 3.8) is 0 Å². The molecular formula is C25H23N3O4S2. The predicted octanol–water partition coefficient (Wildman–Crippen LogP) is 4.96. The van der Waals surface area contributed by atoms with Gasteiger partial charge in [-0.3, -0.25) is 4.79 Å². The van der Waals surface area contributed by atoms with Gasteiger partial charge in [-0.15, -0.1) is 0 Å². The molecule has 7 nitrogen and oxygen atoms in total. The standard InChI is InChI=1S/C25H23N3O4S2/c1-17-12-14-18(15-13-17)23-27-24(25(28-23)34(30,31)19-8-4-3-5-9-19)33-16-22(29)26-20-10-6-7-11-21(20)32-2/h3-15H,16H2,1-2H3,(H,26,29)(H,27,28). The number of hydrogen-bond donors (Lipinski definition) is 2. The van der Waals surface area contributed by atoms with Crippen LogP contribution in [0.15, 0.2) is 93.8 Å². The van der Waals surface area contributed by atoms with E-state index in [0.717, 1.165) is 22.9 Å². The number of rotatable bonds is 8. The largest absolute Gasteiger partial charge is 0.495 e. The predicted molar refractivity (Wildman–Crippen MR) is 133 cm³/mol. The molecule has 34 heavy (non-hydrogen) atoms. The zero-order valence-electron chi connectivity index (χ0n) is 18.6. The summed E-state index contributed by atoms with van der Waals surface area (Å²) < 4.78 is 32.0. The fraction of sp³-hybridized carbons (Fsp3) is 0.120. The number of ether oxygens (including phenoxy) is 1. The van der Waals surface area contributed by atoms with E-state index in [2.05, 4.69) is 15.3 Å². The lowest BCUT2D eigenvalue weighted by molar-refractivity contribution is -0.113. The topological polar surface area (TPSA) is 101 Å². The van der Waals surface area contributed by atoms with Gasteiger partial charge in [-0.1, -0.05) is 71.9 Å². The summed E-state index contributed by atoms with van der Waals surface area (Å²) in [5, 5.41) is 2.99. The van der Waals surface area contributed by atoms with Crippen LogP contribution in [0.1, 0.15) is 5.56 Å². The number of para-hydroxylation sites is 2. The molecule has 1 heterocycles. The first-order valence-corrected chi connectivity index (χ1v) is 12.9. The van der Waals surface area contributed by atoms with Gasteiger partial charge in [0.15, 0.2) is 5.03 Å². The van der Waals surface area contributed by atoms with Gasteiger partial charge >= 0.3 is 0 Å². The lowest BCUT2D eigenvalue weighted by Crippen LogP contribution is -2.15. The lowest BCUT2D eigenvalue weighted by Gasteiger charge is -2.09. The smallest absolute Gasteiger partial charge is 0.234 e. The monoisotopic (exact) mass is 493 g/mol. The van der Waals surface area contributed by atoms with E-state index < -0.39 is 9.84 Å². The number of carbonyl (C=O) groups is 1. The van der Waals surface area contributed by atoms with Crippen LogP contribution in [0.4, 0.5) is 5.69 Å². The average molecular weight is 494 g/mol. The summed E-state index contributed by atoms with van der Waals surface area (Å²) >= 11 is 1.05. The van der Waals surface area contributed by atoms with Gasteiger partial charge in [0.05, 0.1) is 23.4 Å². The minimum absolute atomic E-state index is 0.0342. The highest BCUT2D eigenvalue weighted by Gasteiger charge is 2.26. The van der Waals surface area contributed by atoms with Gasteiger partial charge in [0.1, 0.15) is 16.6 Å². The second kappa shape index (κ2) is 10.1. The van der Waals surface area contributed by atoms with E-state index in [1.54, 1.807) is 42.5 Å². The summed E-state index contributed by atoms with van der Waals surface area (Å²) in [4.78, 5) is 20.3. The number of nitrogens with one attached hydrogen (secondary N) is 2. The second-order valence-corrected chi connectivity index (χ2v) is 10.3. The number of aromatic nitrogens is 2. The SMILES string of the molecule is COc1ccccc1NC(=O)CSc1nc(-c2ccc(C)cc2)[nH]c1S(=O)(=O)c1ccccc1. The Morgan fingerprint density at radius 2 is 1.68 bits per heavy atom. The minimum atomic E-state index is -3.87. The van der Waals surface area contributed by atoms with E-state index in [-0.39, 0.29) is 26.6 Å². The van der Waals surface area contributed by atoms with E-state index in [1.807, 2.05) is 31.2 Å². The quantitative estimate of drug-likeness (QED) is 0.337. The van der Waals surface area contributed by atoms with Crippen molar-refractivity contribution in [3.05, 3.63) is 84.4 Å². The number of thioether (sulfide) groups is 1. The number of imidazole rings is 1. The molecule has 0 atom stereocenters. The number of aromatic amines is 1. The molecule has 0 bridgehead atoms. The molecule has 9 heteroatoms. The number of aryl methyl sites for hydroxylation is 1. The number of H-pyrrole nitrogens is 1. The van der Waals surface area contributed by atoms with Crippen LogP contribution in [0.25, 0.3) is 11.4 Å². The maximum absolute atomic E-state index is 13.4. The van der Waals surface area contributed by atoms with Crippen molar-refractivity contribution in [1.29, 1.82) is 0 Å². The molecule has 4 aromatic rings. The van der Waals surface area contributed by atoms with Gasteiger partial charge in [-0.25, -0.2) is 13.4 Å². The molecule has 0 fully saturated rings. The number of anilines is 1. The highest BCUT2D eigenvalue weighted by Crippen LogP contribution is 2.32. The molecule has 0 saturated carbocycles. The molecule has 1 amide bonds. The van der Waals surface area contributed by atoms with Crippen molar-refractivity contribution in [2.75, 3.05) is 18.2 Å². The first-order chi connectivity index (χ1) is 16.4. The second-order valence-electron chi connectivity index (χ2n) is 7.44. The van der Waals surface area contributed by atoms with Crippen molar-refractivity contribution < 1.29 is 17.9 Å². The van der Waals surface area contributed by atoms with Crippen LogP contribution in [-0.2, 0) is 14.6 Å². The number of carbonyl (C=O) groups excluding carboxylic acids is 1. The van der Waals surface area contributed by atoms with Crippen LogP contribution in [0.3, 0.4) is 0 Å². The van der Waals surface area contributed by atoms with E-state index in [0.29, 0.717) is 17.3 Å². The van der Waals surface area contributed by atoms with E-state index in [1.165, 1.54) is 19.2 Å². The first-order valence-electron chi connectivity index (χ1n) is 10.4. The molecular weight excluding hydrogens is 470 g/mol. The summed E-state index contributed by atoms with van der Waals surface area (Å²) in [7, 11) is -2.35. The highest BCUT2D eigenvalue weighted by atomic mass is 32.2. The number of amides is 1. The van der Waals surface area contributed by atoms with Crippen molar-refractivity contribution in [3.8, 4) is 17.1 Å². The molecule has 0 aliphatic carbocycles. The third kappa shape index (κ3) is 5.16. The van der Waals surface area contributed by atoms with Crippen LogP contribution in [0.2, 0.25) is 0 Å². The molecule has 0 radical (unpaired) electrons. The first kappa shape index (κ1) is 23.6. The molecule has 0 saturated heterocycles. The highest BCUT2D eigenvalue weighted by molar-refractivity contribution is 8.00. The summed E-state index contributed by atoms with van der Waals surface area (Å²) in [6.07, 6.45) is 0.